The topological polar surface area (TPSA) is 29.5 Å². The van der Waals surface area contributed by atoms with Gasteiger partial charge in [0.25, 0.3) is 0 Å². The normalized spacial score (nSPS) is 20.6. The van der Waals surface area contributed by atoms with Gasteiger partial charge in [-0.25, -0.2) is 0 Å². The van der Waals surface area contributed by atoms with Crippen molar-refractivity contribution in [1.29, 1.82) is 0 Å². The van der Waals surface area contributed by atoms with E-state index in [1.54, 1.807) is 7.11 Å². The van der Waals surface area contributed by atoms with Crippen molar-refractivity contribution in [3.63, 3.8) is 0 Å². The van der Waals surface area contributed by atoms with Gasteiger partial charge in [0.05, 0.1) is 18.2 Å². The van der Waals surface area contributed by atoms with Crippen LogP contribution in [0.3, 0.4) is 0 Å². The van der Waals surface area contributed by atoms with Crippen molar-refractivity contribution >= 4 is 17.2 Å². The maximum atomic E-state index is 9.77. The zero-order chi connectivity index (χ0) is 12.3. The number of hydrogen-bond acceptors (Lipinski definition) is 2. The second-order valence-electron chi connectivity index (χ2n) is 4.35. The molecule has 1 aromatic rings. The van der Waals surface area contributed by atoms with Crippen molar-refractivity contribution in [2.75, 3.05) is 7.11 Å². The molecule has 1 aliphatic carbocycles. The van der Waals surface area contributed by atoms with Crippen LogP contribution in [0.15, 0.2) is 24.3 Å². The molecule has 0 heterocycles. The summed E-state index contributed by atoms with van der Waals surface area (Å²) in [5, 5.41) is 10.4. The minimum atomic E-state index is -0.325. The SMILES string of the molecule is COc1cc(C2=CC(O)CCCC2)ccc1Cl. The third-order valence-electron chi connectivity index (χ3n) is 3.11. The molecule has 92 valence electrons. The van der Waals surface area contributed by atoms with Gasteiger partial charge in [0.2, 0.25) is 0 Å². The largest absolute Gasteiger partial charge is 0.495 e. The third-order valence-corrected chi connectivity index (χ3v) is 3.42. The highest BCUT2D eigenvalue weighted by molar-refractivity contribution is 6.32. The van der Waals surface area contributed by atoms with E-state index in [1.807, 2.05) is 24.3 Å². The number of halogens is 1. The van der Waals surface area contributed by atoms with Gasteiger partial charge in [-0.3, -0.25) is 0 Å². The summed E-state index contributed by atoms with van der Waals surface area (Å²) in [7, 11) is 1.61. The molecule has 0 aromatic heterocycles. The van der Waals surface area contributed by atoms with Crippen LogP contribution in [0.5, 0.6) is 5.75 Å². The average molecular weight is 253 g/mol. The summed E-state index contributed by atoms with van der Waals surface area (Å²) in [6.07, 6.45) is 5.68. The Labute approximate surface area is 107 Å². The summed E-state index contributed by atoms with van der Waals surface area (Å²) in [4.78, 5) is 0. The summed E-state index contributed by atoms with van der Waals surface area (Å²) in [6, 6.07) is 5.76. The molecule has 0 saturated carbocycles. The summed E-state index contributed by atoms with van der Waals surface area (Å²) >= 11 is 6.00. The van der Waals surface area contributed by atoms with Crippen LogP contribution in [0, 0.1) is 0 Å². The molecule has 0 radical (unpaired) electrons. The predicted octanol–water partition coefficient (Wildman–Crippen LogP) is 3.67. The molecule has 1 aromatic carbocycles. The van der Waals surface area contributed by atoms with Crippen molar-refractivity contribution in [3.05, 3.63) is 34.9 Å². The van der Waals surface area contributed by atoms with Crippen molar-refractivity contribution in [3.8, 4) is 5.75 Å². The van der Waals surface area contributed by atoms with Crippen LogP contribution in [0.4, 0.5) is 0 Å². The molecule has 0 saturated heterocycles. The highest BCUT2D eigenvalue weighted by Crippen LogP contribution is 2.32. The highest BCUT2D eigenvalue weighted by Gasteiger charge is 2.12. The lowest BCUT2D eigenvalue weighted by Gasteiger charge is -2.10. The van der Waals surface area contributed by atoms with E-state index in [0.717, 1.165) is 31.2 Å². The van der Waals surface area contributed by atoms with Crippen LogP contribution in [0.2, 0.25) is 5.02 Å². The lowest BCUT2D eigenvalue weighted by Crippen LogP contribution is -2.00. The van der Waals surface area contributed by atoms with Gasteiger partial charge in [-0.1, -0.05) is 30.2 Å². The molecule has 1 unspecified atom stereocenters. The van der Waals surface area contributed by atoms with Crippen LogP contribution < -0.4 is 4.74 Å². The van der Waals surface area contributed by atoms with Crippen molar-refractivity contribution in [2.45, 2.75) is 31.8 Å². The fraction of sp³-hybridized carbons (Fsp3) is 0.429. The molecule has 2 rings (SSSR count). The highest BCUT2D eigenvalue weighted by atomic mass is 35.5. The van der Waals surface area contributed by atoms with Crippen molar-refractivity contribution < 1.29 is 9.84 Å². The fourth-order valence-corrected chi connectivity index (χ4v) is 2.36. The van der Waals surface area contributed by atoms with Gasteiger partial charge >= 0.3 is 0 Å². The van der Waals surface area contributed by atoms with E-state index in [4.69, 9.17) is 16.3 Å². The van der Waals surface area contributed by atoms with Crippen LogP contribution >= 0.6 is 11.6 Å². The van der Waals surface area contributed by atoms with E-state index in [0.29, 0.717) is 10.8 Å². The molecule has 1 aliphatic rings. The number of allylic oxidation sites excluding steroid dienone is 1. The van der Waals surface area contributed by atoms with Crippen LogP contribution in [-0.2, 0) is 0 Å². The first-order chi connectivity index (χ1) is 8.20. The number of hydrogen-bond donors (Lipinski definition) is 1. The van der Waals surface area contributed by atoms with Crippen LogP contribution in [-0.4, -0.2) is 18.3 Å². The van der Waals surface area contributed by atoms with Crippen molar-refractivity contribution in [1.82, 2.24) is 0 Å². The molecule has 0 amide bonds. The Morgan fingerprint density at radius 1 is 1.35 bits per heavy atom. The molecular weight excluding hydrogens is 236 g/mol. The molecule has 1 N–H and O–H groups in total. The second-order valence-corrected chi connectivity index (χ2v) is 4.76. The van der Waals surface area contributed by atoms with Gasteiger partial charge in [0.1, 0.15) is 5.75 Å². The lowest BCUT2D eigenvalue weighted by molar-refractivity contribution is 0.211. The van der Waals surface area contributed by atoms with E-state index in [2.05, 4.69) is 0 Å². The summed E-state index contributed by atoms with van der Waals surface area (Å²) in [6.45, 7) is 0. The Bertz CT molecular complexity index is 426. The van der Waals surface area contributed by atoms with Gasteiger partial charge in [-0.05, 0) is 42.5 Å². The Morgan fingerprint density at radius 3 is 2.94 bits per heavy atom. The molecule has 1 atom stereocenters. The van der Waals surface area contributed by atoms with Gasteiger partial charge in [-0.2, -0.15) is 0 Å². The molecule has 0 fully saturated rings. The monoisotopic (exact) mass is 252 g/mol. The van der Waals surface area contributed by atoms with E-state index < -0.39 is 0 Å². The number of aliphatic hydroxyl groups excluding tert-OH is 1. The average Bonchev–Trinajstić information content (AvgIpc) is 2.54. The minimum absolute atomic E-state index is 0.325. The smallest absolute Gasteiger partial charge is 0.138 e. The Hall–Kier alpha value is -0.990. The van der Waals surface area contributed by atoms with Gasteiger partial charge in [0.15, 0.2) is 0 Å². The number of rotatable bonds is 2. The number of benzene rings is 1. The molecule has 3 heteroatoms. The molecule has 0 bridgehead atoms. The maximum absolute atomic E-state index is 9.77. The van der Waals surface area contributed by atoms with Gasteiger partial charge in [0, 0.05) is 0 Å². The lowest BCUT2D eigenvalue weighted by atomic mass is 10.0. The number of ether oxygens (including phenoxy) is 1. The van der Waals surface area contributed by atoms with E-state index in [9.17, 15) is 5.11 Å². The molecule has 0 spiro atoms. The Balaban J connectivity index is 2.32. The predicted molar refractivity (Wildman–Crippen MR) is 70.5 cm³/mol. The summed E-state index contributed by atoms with van der Waals surface area (Å²) < 4.78 is 5.21. The first-order valence-corrected chi connectivity index (χ1v) is 6.31. The molecular formula is C14H17ClO2. The standard InChI is InChI=1S/C14H17ClO2/c1-17-14-9-11(6-7-13(14)15)10-4-2-3-5-12(16)8-10/h6-9,12,16H,2-5H2,1H3. The third kappa shape index (κ3) is 3.02. The maximum Gasteiger partial charge on any atom is 0.138 e. The Morgan fingerprint density at radius 2 is 2.18 bits per heavy atom. The van der Waals surface area contributed by atoms with Crippen molar-refractivity contribution in [2.24, 2.45) is 0 Å². The van der Waals surface area contributed by atoms with E-state index >= 15 is 0 Å². The number of aliphatic hydroxyl groups is 1. The fourth-order valence-electron chi connectivity index (χ4n) is 2.17. The van der Waals surface area contributed by atoms with E-state index in [1.165, 1.54) is 5.57 Å². The summed E-state index contributed by atoms with van der Waals surface area (Å²) in [5.74, 6) is 0.684. The summed E-state index contributed by atoms with van der Waals surface area (Å²) in [5.41, 5.74) is 2.28. The van der Waals surface area contributed by atoms with Crippen LogP contribution in [0.1, 0.15) is 31.2 Å². The quantitative estimate of drug-likeness (QED) is 0.870. The zero-order valence-electron chi connectivity index (χ0n) is 9.95. The van der Waals surface area contributed by atoms with Gasteiger partial charge in [-0.15, -0.1) is 0 Å². The minimum Gasteiger partial charge on any atom is -0.495 e. The first kappa shape index (κ1) is 12.5. The van der Waals surface area contributed by atoms with E-state index in [-0.39, 0.29) is 6.10 Å². The van der Waals surface area contributed by atoms with Gasteiger partial charge < -0.3 is 9.84 Å². The second kappa shape index (κ2) is 5.56. The van der Waals surface area contributed by atoms with Crippen LogP contribution in [0.25, 0.3) is 5.57 Å². The number of methoxy groups -OCH3 is 1. The molecule has 17 heavy (non-hydrogen) atoms. The molecule has 2 nitrogen and oxygen atoms in total. The first-order valence-electron chi connectivity index (χ1n) is 5.93. The zero-order valence-corrected chi connectivity index (χ0v) is 10.7. The molecule has 0 aliphatic heterocycles. The Kier molecular flexibility index (Phi) is 4.08.